The van der Waals surface area contributed by atoms with E-state index in [9.17, 15) is 18.0 Å². The summed E-state index contributed by atoms with van der Waals surface area (Å²) in [6.07, 6.45) is -4.52. The molecule has 0 unspecified atom stereocenters. The second kappa shape index (κ2) is 3.65. The van der Waals surface area contributed by atoms with Gasteiger partial charge in [0.2, 0.25) is 0 Å². The number of rotatable bonds is 0. The van der Waals surface area contributed by atoms with Crippen molar-refractivity contribution in [2.45, 2.75) is 6.18 Å². The topological polar surface area (TPSA) is 38.3 Å². The van der Waals surface area contributed by atoms with Gasteiger partial charge in [0.1, 0.15) is 5.56 Å². The van der Waals surface area contributed by atoms with Gasteiger partial charge in [-0.05, 0) is 12.1 Å². The smallest absolute Gasteiger partial charge is 0.420 e. The SMILES string of the molecule is O=C1COc2c(cc(Br)cc2C(F)(F)F)N1. The Morgan fingerprint density at radius 1 is 1.38 bits per heavy atom. The van der Waals surface area contributed by atoms with Gasteiger partial charge >= 0.3 is 6.18 Å². The van der Waals surface area contributed by atoms with Gasteiger partial charge in [0, 0.05) is 4.47 Å². The average Bonchev–Trinajstić information content (AvgIpc) is 2.14. The van der Waals surface area contributed by atoms with Gasteiger partial charge in [0.05, 0.1) is 5.69 Å². The Bertz CT molecular complexity index is 459. The zero-order chi connectivity index (χ0) is 11.9. The van der Waals surface area contributed by atoms with Crippen LogP contribution in [0.2, 0.25) is 0 Å². The summed E-state index contributed by atoms with van der Waals surface area (Å²) in [4.78, 5) is 11.0. The molecule has 0 radical (unpaired) electrons. The molecule has 2 rings (SSSR count). The fourth-order valence-electron chi connectivity index (χ4n) is 1.38. The highest BCUT2D eigenvalue weighted by Gasteiger charge is 2.37. The Morgan fingerprint density at radius 3 is 2.69 bits per heavy atom. The van der Waals surface area contributed by atoms with Gasteiger partial charge in [-0.1, -0.05) is 15.9 Å². The van der Waals surface area contributed by atoms with Crippen molar-refractivity contribution >= 4 is 27.5 Å². The van der Waals surface area contributed by atoms with E-state index in [1.807, 2.05) is 0 Å². The summed E-state index contributed by atoms with van der Waals surface area (Å²) in [5, 5.41) is 2.32. The minimum atomic E-state index is -4.52. The average molecular weight is 296 g/mol. The molecule has 1 aliphatic rings. The molecule has 0 atom stereocenters. The third kappa shape index (κ3) is 1.99. The molecule has 0 fully saturated rings. The summed E-state index contributed by atoms with van der Waals surface area (Å²) in [5.41, 5.74) is -0.880. The van der Waals surface area contributed by atoms with Crippen molar-refractivity contribution in [1.82, 2.24) is 0 Å². The molecule has 16 heavy (non-hydrogen) atoms. The van der Waals surface area contributed by atoms with Gasteiger partial charge in [-0.25, -0.2) is 0 Å². The van der Waals surface area contributed by atoms with Crippen molar-refractivity contribution in [3.8, 4) is 5.75 Å². The maximum atomic E-state index is 12.6. The lowest BCUT2D eigenvalue weighted by Gasteiger charge is -2.22. The molecule has 1 N–H and O–H groups in total. The largest absolute Gasteiger partial charge is 0.481 e. The zero-order valence-electron chi connectivity index (χ0n) is 7.69. The summed E-state index contributed by atoms with van der Waals surface area (Å²) >= 11 is 2.95. The van der Waals surface area contributed by atoms with Crippen LogP contribution in [0.15, 0.2) is 16.6 Å². The Balaban J connectivity index is 2.59. The molecule has 0 saturated heterocycles. The van der Waals surface area contributed by atoms with Gasteiger partial charge in [0.25, 0.3) is 5.91 Å². The second-order valence-electron chi connectivity index (χ2n) is 3.16. The first kappa shape index (κ1) is 11.3. The number of fused-ring (bicyclic) bond motifs is 1. The van der Waals surface area contributed by atoms with Crippen LogP contribution < -0.4 is 10.1 Å². The molecule has 1 heterocycles. The first-order chi connectivity index (χ1) is 7.38. The van der Waals surface area contributed by atoms with Crippen molar-refractivity contribution in [3.63, 3.8) is 0 Å². The summed E-state index contributed by atoms with van der Waals surface area (Å²) in [5.74, 6) is -0.811. The number of hydrogen-bond acceptors (Lipinski definition) is 2. The van der Waals surface area contributed by atoms with Crippen LogP contribution in [0, 0.1) is 0 Å². The molecule has 0 spiro atoms. The van der Waals surface area contributed by atoms with E-state index in [4.69, 9.17) is 4.74 Å². The van der Waals surface area contributed by atoms with E-state index in [0.717, 1.165) is 6.07 Å². The lowest BCUT2D eigenvalue weighted by molar-refractivity contribution is -0.139. The fourth-order valence-corrected chi connectivity index (χ4v) is 1.83. The Morgan fingerprint density at radius 2 is 2.06 bits per heavy atom. The van der Waals surface area contributed by atoms with Crippen LogP contribution >= 0.6 is 15.9 Å². The molecule has 1 aromatic carbocycles. The number of halogens is 4. The van der Waals surface area contributed by atoms with Crippen LogP contribution in [0.3, 0.4) is 0 Å². The lowest BCUT2D eigenvalue weighted by atomic mass is 10.1. The molecule has 7 heteroatoms. The van der Waals surface area contributed by atoms with Crippen molar-refractivity contribution in [2.24, 2.45) is 0 Å². The quantitative estimate of drug-likeness (QED) is 0.799. The summed E-state index contributed by atoms with van der Waals surface area (Å²) in [6, 6.07) is 2.28. The van der Waals surface area contributed by atoms with E-state index in [1.54, 1.807) is 0 Å². The molecule has 0 aliphatic carbocycles. The van der Waals surface area contributed by atoms with E-state index in [-0.39, 0.29) is 15.9 Å². The lowest BCUT2D eigenvalue weighted by Crippen LogP contribution is -2.27. The number of alkyl halides is 3. The predicted molar refractivity (Wildman–Crippen MR) is 53.3 cm³/mol. The Kier molecular flexibility index (Phi) is 2.57. The number of benzene rings is 1. The molecule has 0 bridgehead atoms. The first-order valence-corrected chi connectivity index (χ1v) is 5.00. The predicted octanol–water partition coefficient (Wildman–Crippen LogP) is 2.80. The first-order valence-electron chi connectivity index (χ1n) is 4.21. The highest BCUT2D eigenvalue weighted by Crippen LogP contribution is 2.43. The number of carbonyl (C=O) groups excluding carboxylic acids is 1. The molecular formula is C9H5BrF3NO2. The minimum Gasteiger partial charge on any atom is -0.481 e. The second-order valence-corrected chi connectivity index (χ2v) is 4.08. The van der Waals surface area contributed by atoms with E-state index in [2.05, 4.69) is 21.2 Å². The maximum Gasteiger partial charge on any atom is 0.420 e. The molecular weight excluding hydrogens is 291 g/mol. The van der Waals surface area contributed by atoms with Gasteiger partial charge in [-0.2, -0.15) is 13.2 Å². The van der Waals surface area contributed by atoms with Crippen LogP contribution in [0.1, 0.15) is 5.56 Å². The van der Waals surface area contributed by atoms with E-state index in [0.29, 0.717) is 0 Å². The van der Waals surface area contributed by atoms with Crippen molar-refractivity contribution in [3.05, 3.63) is 22.2 Å². The molecule has 1 aromatic rings. The Labute approximate surface area is 96.7 Å². The standard InChI is InChI=1S/C9H5BrF3NO2/c10-4-1-5(9(11,12)13)8-6(2-4)14-7(15)3-16-8/h1-2H,3H2,(H,14,15). The number of ether oxygens (including phenoxy) is 1. The van der Waals surface area contributed by atoms with Crippen LogP contribution in [-0.4, -0.2) is 12.5 Å². The van der Waals surface area contributed by atoms with Crippen LogP contribution in [0.5, 0.6) is 5.75 Å². The molecule has 0 saturated carbocycles. The highest BCUT2D eigenvalue weighted by atomic mass is 79.9. The third-order valence-electron chi connectivity index (χ3n) is 1.98. The summed E-state index contributed by atoms with van der Waals surface area (Å²) < 4.78 is 42.9. The van der Waals surface area contributed by atoms with Crippen LogP contribution in [-0.2, 0) is 11.0 Å². The van der Waals surface area contributed by atoms with Gasteiger partial charge < -0.3 is 10.1 Å². The van der Waals surface area contributed by atoms with Crippen molar-refractivity contribution < 1.29 is 22.7 Å². The number of anilines is 1. The zero-order valence-corrected chi connectivity index (χ0v) is 9.28. The van der Waals surface area contributed by atoms with Gasteiger partial charge in [-0.15, -0.1) is 0 Å². The Hall–Kier alpha value is -1.24. The monoisotopic (exact) mass is 295 g/mol. The normalized spacial score (nSPS) is 15.1. The molecule has 3 nitrogen and oxygen atoms in total. The number of nitrogens with one attached hydrogen (secondary N) is 1. The van der Waals surface area contributed by atoms with E-state index in [1.165, 1.54) is 6.07 Å². The molecule has 86 valence electrons. The highest BCUT2D eigenvalue weighted by molar-refractivity contribution is 9.10. The van der Waals surface area contributed by atoms with E-state index >= 15 is 0 Å². The molecule has 1 aliphatic heterocycles. The summed E-state index contributed by atoms with van der Waals surface area (Å²) in [6.45, 7) is -0.405. The number of amides is 1. The maximum absolute atomic E-state index is 12.6. The third-order valence-corrected chi connectivity index (χ3v) is 2.44. The fraction of sp³-hybridized carbons (Fsp3) is 0.222. The minimum absolute atomic E-state index is 0.0259. The van der Waals surface area contributed by atoms with Crippen molar-refractivity contribution in [2.75, 3.05) is 11.9 Å². The van der Waals surface area contributed by atoms with Crippen LogP contribution in [0.25, 0.3) is 0 Å². The summed E-state index contributed by atoms with van der Waals surface area (Å²) in [7, 11) is 0. The van der Waals surface area contributed by atoms with Gasteiger partial charge in [0.15, 0.2) is 12.4 Å². The van der Waals surface area contributed by atoms with Crippen LogP contribution in [0.4, 0.5) is 18.9 Å². The van der Waals surface area contributed by atoms with E-state index < -0.39 is 24.3 Å². The molecule has 0 aromatic heterocycles. The number of carbonyl (C=O) groups is 1. The molecule has 1 amide bonds. The van der Waals surface area contributed by atoms with Gasteiger partial charge in [-0.3, -0.25) is 4.79 Å². The number of hydrogen-bond donors (Lipinski definition) is 1. The van der Waals surface area contributed by atoms with Crippen molar-refractivity contribution in [1.29, 1.82) is 0 Å².